The highest BCUT2D eigenvalue weighted by Crippen LogP contribution is 2.32. The van der Waals surface area contributed by atoms with E-state index in [4.69, 9.17) is 9.47 Å². The second-order valence-corrected chi connectivity index (χ2v) is 7.59. The van der Waals surface area contributed by atoms with Crippen LogP contribution in [-0.4, -0.2) is 34.1 Å². The third-order valence-corrected chi connectivity index (χ3v) is 5.53. The van der Waals surface area contributed by atoms with Gasteiger partial charge in [0.2, 0.25) is 0 Å². The van der Waals surface area contributed by atoms with Gasteiger partial charge < -0.3 is 9.47 Å². The monoisotopic (exact) mass is 363 g/mol. The van der Waals surface area contributed by atoms with Crippen LogP contribution in [0, 0.1) is 0 Å². The predicted octanol–water partition coefficient (Wildman–Crippen LogP) is 3.38. The Morgan fingerprint density at radius 3 is 2.62 bits per heavy atom. The number of benzene rings is 2. The first-order chi connectivity index (χ1) is 11.6. The summed E-state index contributed by atoms with van der Waals surface area (Å²) in [7, 11) is -3.80. The predicted molar refractivity (Wildman–Crippen MR) is 95.1 cm³/mol. The fourth-order valence-corrected chi connectivity index (χ4v) is 3.71. The van der Waals surface area contributed by atoms with E-state index in [-0.39, 0.29) is 4.90 Å². The van der Waals surface area contributed by atoms with E-state index in [9.17, 15) is 8.42 Å². The molecule has 5 nitrogen and oxygen atoms in total. The molecule has 2 aromatic carbocycles. The highest BCUT2D eigenvalue weighted by atomic mass is 32.2. The van der Waals surface area contributed by atoms with Gasteiger partial charge in [0, 0.05) is 29.2 Å². The Bertz CT molecular complexity index is 863. The lowest BCUT2D eigenvalue weighted by atomic mass is 10.2. The maximum atomic E-state index is 12.5. The SMILES string of the molecule is CSc1ccccc1C=NS(=O)(=O)c1ccc2c(c1)OCCCO2. The van der Waals surface area contributed by atoms with E-state index >= 15 is 0 Å². The quantitative estimate of drug-likeness (QED) is 0.615. The van der Waals surface area contributed by atoms with E-state index < -0.39 is 10.0 Å². The summed E-state index contributed by atoms with van der Waals surface area (Å²) in [5.74, 6) is 0.997. The summed E-state index contributed by atoms with van der Waals surface area (Å²) in [5, 5.41) is 0. The molecule has 0 fully saturated rings. The molecule has 24 heavy (non-hydrogen) atoms. The minimum Gasteiger partial charge on any atom is -0.490 e. The van der Waals surface area contributed by atoms with Crippen molar-refractivity contribution in [1.82, 2.24) is 0 Å². The van der Waals surface area contributed by atoms with Gasteiger partial charge in [-0.1, -0.05) is 18.2 Å². The van der Waals surface area contributed by atoms with E-state index in [0.717, 1.165) is 16.9 Å². The molecule has 0 amide bonds. The number of fused-ring (bicyclic) bond motifs is 1. The van der Waals surface area contributed by atoms with Crippen molar-refractivity contribution in [2.24, 2.45) is 4.40 Å². The fraction of sp³-hybridized carbons (Fsp3) is 0.235. The van der Waals surface area contributed by atoms with Crippen LogP contribution < -0.4 is 9.47 Å². The van der Waals surface area contributed by atoms with Crippen molar-refractivity contribution in [3.63, 3.8) is 0 Å². The lowest BCUT2D eigenvalue weighted by Crippen LogP contribution is -2.00. The number of hydrogen-bond acceptors (Lipinski definition) is 5. The first-order valence-electron chi connectivity index (χ1n) is 7.43. The average molecular weight is 363 g/mol. The fourth-order valence-electron chi connectivity index (χ4n) is 2.26. The summed E-state index contributed by atoms with van der Waals surface area (Å²) in [4.78, 5) is 1.06. The van der Waals surface area contributed by atoms with Crippen molar-refractivity contribution in [3.8, 4) is 11.5 Å². The molecule has 1 heterocycles. The number of ether oxygens (including phenoxy) is 2. The zero-order valence-corrected chi connectivity index (χ0v) is 14.8. The van der Waals surface area contributed by atoms with Crippen molar-refractivity contribution in [3.05, 3.63) is 48.0 Å². The molecule has 3 rings (SSSR count). The van der Waals surface area contributed by atoms with Crippen molar-refractivity contribution in [1.29, 1.82) is 0 Å². The van der Waals surface area contributed by atoms with Crippen LogP contribution in [0.1, 0.15) is 12.0 Å². The van der Waals surface area contributed by atoms with Crippen molar-refractivity contribution < 1.29 is 17.9 Å². The summed E-state index contributed by atoms with van der Waals surface area (Å²) in [5.41, 5.74) is 0.767. The molecule has 0 atom stereocenters. The first-order valence-corrected chi connectivity index (χ1v) is 10.1. The molecule has 7 heteroatoms. The van der Waals surface area contributed by atoms with Gasteiger partial charge in [-0.3, -0.25) is 0 Å². The smallest absolute Gasteiger partial charge is 0.282 e. The maximum Gasteiger partial charge on any atom is 0.282 e. The summed E-state index contributed by atoms with van der Waals surface area (Å²) >= 11 is 1.54. The normalized spacial score (nSPS) is 14.5. The molecule has 0 saturated carbocycles. The Labute approximate surface area is 145 Å². The second kappa shape index (κ2) is 7.27. The van der Waals surface area contributed by atoms with Crippen LogP contribution in [0.4, 0.5) is 0 Å². The van der Waals surface area contributed by atoms with Crippen LogP contribution in [-0.2, 0) is 10.0 Å². The molecule has 1 aliphatic rings. The van der Waals surface area contributed by atoms with Crippen LogP contribution in [0.3, 0.4) is 0 Å². The topological polar surface area (TPSA) is 65.0 Å². The standard InChI is InChI=1S/C17H17NO4S2/c1-23-17-6-3-2-5-13(17)12-18-24(19,20)14-7-8-15-16(11-14)22-10-4-9-21-15/h2-3,5-8,11-12H,4,9-10H2,1H3. The van der Waals surface area contributed by atoms with Crippen LogP contribution >= 0.6 is 11.8 Å². The summed E-state index contributed by atoms with van der Waals surface area (Å²) in [6.07, 6.45) is 4.08. The maximum absolute atomic E-state index is 12.5. The van der Waals surface area contributed by atoms with Gasteiger partial charge in [-0.15, -0.1) is 11.8 Å². The van der Waals surface area contributed by atoms with E-state index in [1.807, 2.05) is 30.5 Å². The lowest BCUT2D eigenvalue weighted by Gasteiger charge is -2.08. The molecule has 0 unspecified atom stereocenters. The second-order valence-electron chi connectivity index (χ2n) is 5.11. The molecule has 0 bridgehead atoms. The van der Waals surface area contributed by atoms with Gasteiger partial charge in [0.05, 0.1) is 18.1 Å². The van der Waals surface area contributed by atoms with Crippen LogP contribution in [0.15, 0.2) is 56.7 Å². The summed E-state index contributed by atoms with van der Waals surface area (Å²) < 4.78 is 39.8. The Kier molecular flexibility index (Phi) is 5.11. The van der Waals surface area contributed by atoms with Gasteiger partial charge in [0.15, 0.2) is 11.5 Å². The minimum absolute atomic E-state index is 0.0876. The van der Waals surface area contributed by atoms with Crippen molar-refractivity contribution >= 4 is 28.0 Å². The summed E-state index contributed by atoms with van der Waals surface area (Å²) in [6, 6.07) is 12.1. The molecule has 0 radical (unpaired) electrons. The number of hydrogen-bond donors (Lipinski definition) is 0. The molecule has 126 valence electrons. The third kappa shape index (κ3) is 3.73. The van der Waals surface area contributed by atoms with Gasteiger partial charge >= 0.3 is 0 Å². The first kappa shape index (κ1) is 16.9. The van der Waals surface area contributed by atoms with Crippen LogP contribution in [0.25, 0.3) is 0 Å². The van der Waals surface area contributed by atoms with E-state index in [1.165, 1.54) is 18.3 Å². The number of nitrogens with zero attached hydrogens (tertiary/aromatic N) is 1. The number of thioether (sulfide) groups is 1. The Balaban J connectivity index is 1.90. The largest absolute Gasteiger partial charge is 0.490 e. The Morgan fingerprint density at radius 2 is 1.83 bits per heavy atom. The molecule has 2 aromatic rings. The molecule has 0 spiro atoms. The molecule has 0 aromatic heterocycles. The molecular formula is C17H17NO4S2. The molecular weight excluding hydrogens is 346 g/mol. The Hall–Kier alpha value is -1.99. The summed E-state index contributed by atoms with van der Waals surface area (Å²) in [6.45, 7) is 1.06. The van der Waals surface area contributed by atoms with Crippen molar-refractivity contribution in [2.45, 2.75) is 16.2 Å². The van der Waals surface area contributed by atoms with E-state index in [2.05, 4.69) is 4.40 Å². The average Bonchev–Trinajstić information content (AvgIpc) is 2.85. The van der Waals surface area contributed by atoms with Gasteiger partial charge in [-0.05, 0) is 24.5 Å². The minimum atomic E-state index is -3.80. The van der Waals surface area contributed by atoms with Gasteiger partial charge in [-0.25, -0.2) is 0 Å². The van der Waals surface area contributed by atoms with Crippen LogP contribution in [0.2, 0.25) is 0 Å². The van der Waals surface area contributed by atoms with Gasteiger partial charge in [-0.2, -0.15) is 12.8 Å². The van der Waals surface area contributed by atoms with E-state index in [0.29, 0.717) is 24.7 Å². The molecule has 0 aliphatic carbocycles. The lowest BCUT2D eigenvalue weighted by molar-refractivity contribution is 0.297. The highest BCUT2D eigenvalue weighted by molar-refractivity contribution is 7.98. The van der Waals surface area contributed by atoms with E-state index in [1.54, 1.807) is 17.8 Å². The van der Waals surface area contributed by atoms with Gasteiger partial charge in [0.25, 0.3) is 10.0 Å². The molecule has 0 saturated heterocycles. The molecule has 0 N–H and O–H groups in total. The van der Waals surface area contributed by atoms with Crippen molar-refractivity contribution in [2.75, 3.05) is 19.5 Å². The zero-order chi connectivity index (χ0) is 17.0. The number of rotatable bonds is 4. The molecule has 1 aliphatic heterocycles. The van der Waals surface area contributed by atoms with Gasteiger partial charge in [0.1, 0.15) is 0 Å². The zero-order valence-electron chi connectivity index (χ0n) is 13.1. The third-order valence-electron chi connectivity index (χ3n) is 3.49. The highest BCUT2D eigenvalue weighted by Gasteiger charge is 2.17. The van der Waals surface area contributed by atoms with Crippen LogP contribution in [0.5, 0.6) is 11.5 Å². The number of sulfonamides is 1. The Morgan fingerprint density at radius 1 is 1.08 bits per heavy atom.